The maximum atomic E-state index is 12.7. The molecule has 0 saturated carbocycles. The standard InChI is InChI=1S/C26H28N2O2/c1-19-6-4-5-17-28(19)26(30)21-11-13-24(14-12-21)27-16-15-25(29)23-10-9-20-7-2-3-8-22(20)18-23/h2-3,7-14,18-19,27H,4-6,15-17H2,1H3/t19-/m1/s1. The van der Waals surface area contributed by atoms with E-state index in [4.69, 9.17) is 0 Å². The number of rotatable bonds is 6. The molecule has 0 unspecified atom stereocenters. The summed E-state index contributed by atoms with van der Waals surface area (Å²) < 4.78 is 0. The Labute approximate surface area is 177 Å². The van der Waals surface area contributed by atoms with Crippen LogP contribution in [0.1, 0.15) is 53.3 Å². The summed E-state index contributed by atoms with van der Waals surface area (Å²) in [7, 11) is 0. The van der Waals surface area contributed by atoms with Crippen LogP contribution in [0.5, 0.6) is 0 Å². The minimum absolute atomic E-state index is 0.111. The Kier molecular flexibility index (Phi) is 6.12. The highest BCUT2D eigenvalue weighted by molar-refractivity contribution is 6.00. The van der Waals surface area contributed by atoms with Crippen molar-refractivity contribution < 1.29 is 9.59 Å². The molecule has 0 spiro atoms. The Bertz CT molecular complexity index is 1040. The minimum atomic E-state index is 0.111. The molecule has 1 N–H and O–H groups in total. The van der Waals surface area contributed by atoms with Crippen LogP contribution in [0.2, 0.25) is 0 Å². The fraction of sp³-hybridized carbons (Fsp3) is 0.308. The summed E-state index contributed by atoms with van der Waals surface area (Å²) in [6.45, 7) is 3.53. The molecule has 3 aromatic rings. The van der Waals surface area contributed by atoms with E-state index in [1.165, 1.54) is 6.42 Å². The third kappa shape index (κ3) is 4.54. The number of hydrogen-bond acceptors (Lipinski definition) is 3. The lowest BCUT2D eigenvalue weighted by molar-refractivity contribution is 0.0635. The van der Waals surface area contributed by atoms with E-state index in [0.717, 1.165) is 47.0 Å². The molecule has 0 aromatic heterocycles. The summed E-state index contributed by atoms with van der Waals surface area (Å²) in [4.78, 5) is 27.3. The number of nitrogens with one attached hydrogen (secondary N) is 1. The van der Waals surface area contributed by atoms with E-state index in [1.54, 1.807) is 0 Å². The lowest BCUT2D eigenvalue weighted by atomic mass is 10.0. The van der Waals surface area contributed by atoms with Gasteiger partial charge in [-0.05, 0) is 67.3 Å². The van der Waals surface area contributed by atoms with Crippen LogP contribution in [-0.4, -0.2) is 35.7 Å². The molecule has 4 nitrogen and oxygen atoms in total. The molecule has 1 fully saturated rings. The van der Waals surface area contributed by atoms with Crippen molar-refractivity contribution in [3.8, 4) is 0 Å². The van der Waals surface area contributed by atoms with Gasteiger partial charge >= 0.3 is 0 Å². The third-order valence-electron chi connectivity index (χ3n) is 5.95. The van der Waals surface area contributed by atoms with Crippen LogP contribution in [0, 0.1) is 0 Å². The van der Waals surface area contributed by atoms with Gasteiger partial charge in [-0.2, -0.15) is 0 Å². The number of piperidine rings is 1. The number of fused-ring (bicyclic) bond motifs is 1. The van der Waals surface area contributed by atoms with E-state index >= 15 is 0 Å². The van der Waals surface area contributed by atoms with Gasteiger partial charge in [0.05, 0.1) is 0 Å². The maximum absolute atomic E-state index is 12.7. The number of Topliss-reactive ketones (excluding diaryl/α,β-unsaturated/α-hetero) is 1. The summed E-state index contributed by atoms with van der Waals surface area (Å²) in [5.41, 5.74) is 2.39. The van der Waals surface area contributed by atoms with Gasteiger partial charge < -0.3 is 10.2 Å². The molecule has 0 bridgehead atoms. The Morgan fingerprint density at radius 2 is 1.67 bits per heavy atom. The molecule has 3 aromatic carbocycles. The second-order valence-electron chi connectivity index (χ2n) is 8.08. The number of benzene rings is 3. The highest BCUT2D eigenvalue weighted by Gasteiger charge is 2.23. The fourth-order valence-electron chi connectivity index (χ4n) is 4.12. The highest BCUT2D eigenvalue weighted by atomic mass is 16.2. The van der Waals surface area contributed by atoms with Crippen molar-refractivity contribution in [3.05, 3.63) is 77.9 Å². The zero-order chi connectivity index (χ0) is 20.9. The number of likely N-dealkylation sites (tertiary alicyclic amines) is 1. The summed E-state index contributed by atoms with van der Waals surface area (Å²) in [5, 5.41) is 5.51. The van der Waals surface area contributed by atoms with Crippen LogP contribution in [0.15, 0.2) is 66.7 Å². The van der Waals surface area contributed by atoms with Gasteiger partial charge in [-0.25, -0.2) is 0 Å². The number of carbonyl (C=O) groups excluding carboxylic acids is 2. The van der Waals surface area contributed by atoms with Gasteiger partial charge in [-0.1, -0.05) is 36.4 Å². The van der Waals surface area contributed by atoms with E-state index in [2.05, 4.69) is 12.2 Å². The molecule has 1 heterocycles. The van der Waals surface area contributed by atoms with Crippen molar-refractivity contribution in [1.82, 2.24) is 4.90 Å². The molecule has 1 saturated heterocycles. The molecule has 1 atom stereocenters. The SMILES string of the molecule is C[C@@H]1CCCCN1C(=O)c1ccc(NCCC(=O)c2ccc3ccccc3c2)cc1. The quantitative estimate of drug-likeness (QED) is 0.553. The van der Waals surface area contributed by atoms with Crippen molar-refractivity contribution in [2.45, 2.75) is 38.6 Å². The van der Waals surface area contributed by atoms with Crippen LogP contribution in [0.25, 0.3) is 10.8 Å². The molecule has 1 amide bonds. The summed E-state index contributed by atoms with van der Waals surface area (Å²) in [5.74, 6) is 0.236. The number of amides is 1. The largest absolute Gasteiger partial charge is 0.385 e. The second-order valence-corrected chi connectivity index (χ2v) is 8.08. The van der Waals surface area contributed by atoms with Gasteiger partial charge in [0.25, 0.3) is 5.91 Å². The van der Waals surface area contributed by atoms with Crippen molar-refractivity contribution >= 4 is 28.2 Å². The molecule has 0 aliphatic carbocycles. The van der Waals surface area contributed by atoms with Crippen LogP contribution in [-0.2, 0) is 0 Å². The van der Waals surface area contributed by atoms with Gasteiger partial charge in [0.1, 0.15) is 0 Å². The summed E-state index contributed by atoms with van der Waals surface area (Å²) >= 11 is 0. The third-order valence-corrected chi connectivity index (χ3v) is 5.95. The molecule has 1 aliphatic rings. The Balaban J connectivity index is 1.31. The van der Waals surface area contributed by atoms with Gasteiger partial charge in [0, 0.05) is 42.4 Å². The molecule has 1 aliphatic heterocycles. The average molecular weight is 401 g/mol. The Morgan fingerprint density at radius 3 is 2.43 bits per heavy atom. The molecular weight excluding hydrogens is 372 g/mol. The average Bonchev–Trinajstić information content (AvgIpc) is 2.79. The molecule has 4 heteroatoms. The first kappa shape index (κ1) is 20.1. The molecule has 30 heavy (non-hydrogen) atoms. The first-order valence-corrected chi connectivity index (χ1v) is 10.8. The topological polar surface area (TPSA) is 49.4 Å². The second kappa shape index (κ2) is 9.12. The van der Waals surface area contributed by atoms with E-state index in [0.29, 0.717) is 19.0 Å². The van der Waals surface area contributed by atoms with E-state index in [1.807, 2.05) is 71.6 Å². The number of carbonyl (C=O) groups is 2. The zero-order valence-corrected chi connectivity index (χ0v) is 17.4. The van der Waals surface area contributed by atoms with Crippen LogP contribution >= 0.6 is 0 Å². The first-order chi connectivity index (χ1) is 14.6. The number of ketones is 1. The van der Waals surface area contributed by atoms with Crippen molar-refractivity contribution in [2.24, 2.45) is 0 Å². The van der Waals surface area contributed by atoms with Gasteiger partial charge in [0.2, 0.25) is 0 Å². The van der Waals surface area contributed by atoms with E-state index in [-0.39, 0.29) is 11.7 Å². The molecule has 154 valence electrons. The summed E-state index contributed by atoms with van der Waals surface area (Å²) in [6, 6.07) is 21.8. The van der Waals surface area contributed by atoms with Crippen LogP contribution in [0.4, 0.5) is 5.69 Å². The van der Waals surface area contributed by atoms with Crippen molar-refractivity contribution in [3.63, 3.8) is 0 Å². The molecular formula is C26H28N2O2. The molecule has 4 rings (SSSR count). The van der Waals surface area contributed by atoms with Crippen LogP contribution < -0.4 is 5.32 Å². The highest BCUT2D eigenvalue weighted by Crippen LogP contribution is 2.20. The minimum Gasteiger partial charge on any atom is -0.385 e. The van der Waals surface area contributed by atoms with E-state index in [9.17, 15) is 9.59 Å². The Hall–Kier alpha value is -3.14. The zero-order valence-electron chi connectivity index (χ0n) is 17.4. The predicted molar refractivity (Wildman–Crippen MR) is 122 cm³/mol. The van der Waals surface area contributed by atoms with Crippen molar-refractivity contribution in [2.75, 3.05) is 18.4 Å². The summed E-state index contributed by atoms with van der Waals surface area (Å²) in [6.07, 6.45) is 3.79. The predicted octanol–water partition coefficient (Wildman–Crippen LogP) is 5.54. The Morgan fingerprint density at radius 1 is 0.933 bits per heavy atom. The van der Waals surface area contributed by atoms with Gasteiger partial charge in [-0.15, -0.1) is 0 Å². The lowest BCUT2D eigenvalue weighted by Crippen LogP contribution is -2.41. The monoisotopic (exact) mass is 400 g/mol. The van der Waals surface area contributed by atoms with Crippen LogP contribution in [0.3, 0.4) is 0 Å². The maximum Gasteiger partial charge on any atom is 0.254 e. The van der Waals surface area contributed by atoms with Gasteiger partial charge in [-0.3, -0.25) is 9.59 Å². The van der Waals surface area contributed by atoms with E-state index < -0.39 is 0 Å². The smallest absolute Gasteiger partial charge is 0.254 e. The number of anilines is 1. The normalized spacial score (nSPS) is 16.4. The first-order valence-electron chi connectivity index (χ1n) is 10.8. The molecule has 0 radical (unpaired) electrons. The number of hydrogen-bond donors (Lipinski definition) is 1. The number of nitrogens with zero attached hydrogens (tertiary/aromatic N) is 1. The van der Waals surface area contributed by atoms with Gasteiger partial charge in [0.15, 0.2) is 5.78 Å². The van der Waals surface area contributed by atoms with Crippen molar-refractivity contribution in [1.29, 1.82) is 0 Å². The fourth-order valence-corrected chi connectivity index (χ4v) is 4.12. The lowest BCUT2D eigenvalue weighted by Gasteiger charge is -2.33.